The second-order valence-electron chi connectivity index (χ2n) is 6.33. The molecule has 1 fully saturated rings. The molecule has 1 N–H and O–H groups in total. The van der Waals surface area contributed by atoms with Crippen LogP contribution in [0.1, 0.15) is 24.4 Å². The highest BCUT2D eigenvalue weighted by Crippen LogP contribution is 2.36. The van der Waals surface area contributed by atoms with E-state index in [0.29, 0.717) is 12.5 Å². The second-order valence-corrected chi connectivity index (χ2v) is 6.33. The molecule has 0 saturated heterocycles. The number of rotatable bonds is 6. The van der Waals surface area contributed by atoms with Crippen LogP contribution in [-0.4, -0.2) is 33.2 Å². The van der Waals surface area contributed by atoms with Gasteiger partial charge in [-0.2, -0.15) is 0 Å². The molecule has 0 aliphatic heterocycles. The van der Waals surface area contributed by atoms with Crippen molar-refractivity contribution in [1.29, 1.82) is 0 Å². The quantitative estimate of drug-likeness (QED) is 0.740. The molecule has 0 atom stereocenters. The number of tetrazole rings is 1. The largest absolute Gasteiger partial charge is 0.497 e. The summed E-state index contributed by atoms with van der Waals surface area (Å²) in [6, 6.07) is 15.5. The van der Waals surface area contributed by atoms with Gasteiger partial charge in [0, 0.05) is 11.3 Å². The van der Waals surface area contributed by atoms with E-state index in [1.54, 1.807) is 7.11 Å². The highest BCUT2D eigenvalue weighted by Gasteiger charge is 2.28. The Bertz CT molecular complexity index is 898. The van der Waals surface area contributed by atoms with Crippen LogP contribution in [-0.2, 0) is 11.2 Å². The van der Waals surface area contributed by atoms with E-state index in [9.17, 15) is 4.79 Å². The van der Waals surface area contributed by atoms with Crippen LogP contribution in [0.3, 0.4) is 0 Å². The van der Waals surface area contributed by atoms with E-state index in [1.807, 2.05) is 53.2 Å². The van der Waals surface area contributed by atoms with Crippen molar-refractivity contribution in [2.24, 2.45) is 0 Å². The van der Waals surface area contributed by atoms with Crippen molar-refractivity contribution in [1.82, 2.24) is 20.2 Å². The Kier molecular flexibility index (Phi) is 4.35. The lowest BCUT2D eigenvalue weighted by molar-refractivity contribution is -0.115. The Balaban J connectivity index is 1.40. The Morgan fingerprint density at radius 1 is 1.15 bits per heavy atom. The number of amides is 1. The molecule has 132 valence electrons. The van der Waals surface area contributed by atoms with Crippen molar-refractivity contribution in [3.8, 4) is 17.1 Å². The molecular formula is C19H19N5O2. The normalized spacial score (nSPS) is 13.4. The number of aromatic nitrogens is 4. The van der Waals surface area contributed by atoms with Crippen LogP contribution in [0.15, 0.2) is 48.5 Å². The van der Waals surface area contributed by atoms with Crippen LogP contribution >= 0.6 is 0 Å². The van der Waals surface area contributed by atoms with Gasteiger partial charge in [0.15, 0.2) is 5.82 Å². The maximum Gasteiger partial charge on any atom is 0.228 e. The fourth-order valence-corrected chi connectivity index (χ4v) is 2.79. The Hall–Kier alpha value is -3.22. The number of hydrogen-bond donors (Lipinski definition) is 1. The molecule has 2 aromatic carbocycles. The lowest BCUT2D eigenvalue weighted by Crippen LogP contribution is -2.14. The highest BCUT2D eigenvalue weighted by molar-refractivity contribution is 5.92. The third kappa shape index (κ3) is 3.56. The molecule has 7 nitrogen and oxygen atoms in total. The first-order valence-corrected chi connectivity index (χ1v) is 8.54. The minimum Gasteiger partial charge on any atom is -0.497 e. The molecule has 0 unspecified atom stereocenters. The van der Waals surface area contributed by atoms with Gasteiger partial charge in [0.25, 0.3) is 0 Å². The summed E-state index contributed by atoms with van der Waals surface area (Å²) in [6.07, 6.45) is 2.56. The number of nitrogens with one attached hydrogen (secondary N) is 1. The second kappa shape index (κ2) is 6.95. The van der Waals surface area contributed by atoms with Crippen LogP contribution in [0, 0.1) is 0 Å². The van der Waals surface area contributed by atoms with Crippen molar-refractivity contribution in [3.63, 3.8) is 0 Å². The Labute approximate surface area is 151 Å². The number of carbonyl (C=O) groups is 1. The molecular weight excluding hydrogens is 330 g/mol. The molecule has 4 rings (SSSR count). The van der Waals surface area contributed by atoms with Crippen LogP contribution in [0.2, 0.25) is 0 Å². The van der Waals surface area contributed by atoms with Gasteiger partial charge >= 0.3 is 0 Å². The smallest absolute Gasteiger partial charge is 0.228 e. The molecule has 0 bridgehead atoms. The molecule has 1 heterocycles. The molecule has 0 spiro atoms. The number of ether oxygens (including phenoxy) is 1. The zero-order chi connectivity index (χ0) is 17.9. The van der Waals surface area contributed by atoms with E-state index in [2.05, 4.69) is 20.8 Å². The number of carbonyl (C=O) groups excluding carboxylic acids is 1. The molecule has 26 heavy (non-hydrogen) atoms. The summed E-state index contributed by atoms with van der Waals surface area (Å²) < 4.78 is 6.99. The monoisotopic (exact) mass is 349 g/mol. The number of nitrogens with zero attached hydrogens (tertiary/aromatic N) is 4. The molecule has 0 radical (unpaired) electrons. The number of benzene rings is 2. The average Bonchev–Trinajstić information content (AvgIpc) is 3.40. The van der Waals surface area contributed by atoms with E-state index in [-0.39, 0.29) is 5.91 Å². The lowest BCUT2D eigenvalue weighted by Gasteiger charge is -2.07. The first-order valence-electron chi connectivity index (χ1n) is 8.54. The van der Waals surface area contributed by atoms with Crippen LogP contribution < -0.4 is 10.1 Å². The molecule has 1 aliphatic rings. The SMILES string of the molecule is COc1ccc(CC(=O)Nc2ccc(-c3nnnn3C3CC3)cc2)cc1. The summed E-state index contributed by atoms with van der Waals surface area (Å²) >= 11 is 0. The lowest BCUT2D eigenvalue weighted by atomic mass is 10.1. The predicted octanol–water partition coefficient (Wildman–Crippen LogP) is 2.86. The van der Waals surface area contributed by atoms with Crippen molar-refractivity contribution in [2.75, 3.05) is 12.4 Å². The van der Waals surface area contributed by atoms with E-state index >= 15 is 0 Å². The van der Waals surface area contributed by atoms with Gasteiger partial charge in [-0.05, 0) is 65.2 Å². The summed E-state index contributed by atoms with van der Waals surface area (Å²) in [7, 11) is 1.62. The van der Waals surface area contributed by atoms with Crippen molar-refractivity contribution in [2.45, 2.75) is 25.3 Å². The third-order valence-corrected chi connectivity index (χ3v) is 4.34. The molecule has 7 heteroatoms. The fraction of sp³-hybridized carbons (Fsp3) is 0.263. The molecule has 3 aromatic rings. The number of methoxy groups -OCH3 is 1. The van der Waals surface area contributed by atoms with Gasteiger partial charge in [0.1, 0.15) is 5.75 Å². The van der Waals surface area contributed by atoms with E-state index in [1.165, 1.54) is 0 Å². The van der Waals surface area contributed by atoms with Crippen molar-refractivity contribution in [3.05, 3.63) is 54.1 Å². The minimum atomic E-state index is -0.0641. The maximum absolute atomic E-state index is 12.2. The number of hydrogen-bond acceptors (Lipinski definition) is 5. The van der Waals surface area contributed by atoms with Crippen LogP contribution in [0.4, 0.5) is 5.69 Å². The highest BCUT2D eigenvalue weighted by atomic mass is 16.5. The van der Waals surface area contributed by atoms with E-state index in [4.69, 9.17) is 4.74 Å². The maximum atomic E-state index is 12.2. The fourth-order valence-electron chi connectivity index (χ4n) is 2.79. The Morgan fingerprint density at radius 3 is 2.54 bits per heavy atom. The molecule has 1 aliphatic carbocycles. The van der Waals surface area contributed by atoms with Gasteiger partial charge in [-0.3, -0.25) is 4.79 Å². The van der Waals surface area contributed by atoms with Gasteiger partial charge < -0.3 is 10.1 Å². The van der Waals surface area contributed by atoms with Gasteiger partial charge in [0.05, 0.1) is 19.6 Å². The predicted molar refractivity (Wildman–Crippen MR) is 96.9 cm³/mol. The minimum absolute atomic E-state index is 0.0641. The van der Waals surface area contributed by atoms with Gasteiger partial charge in [-0.1, -0.05) is 12.1 Å². The summed E-state index contributed by atoms with van der Waals surface area (Å²) in [4.78, 5) is 12.2. The standard InChI is InChI=1S/C19H19N5O2/c1-26-17-10-2-13(3-11-17)12-18(25)20-15-6-4-14(5-7-15)19-21-22-23-24(19)16-8-9-16/h2-7,10-11,16H,8-9,12H2,1H3,(H,20,25). The summed E-state index contributed by atoms with van der Waals surface area (Å²) in [5.74, 6) is 1.48. The van der Waals surface area contributed by atoms with E-state index < -0.39 is 0 Å². The van der Waals surface area contributed by atoms with Gasteiger partial charge in [-0.15, -0.1) is 5.10 Å². The number of anilines is 1. The van der Waals surface area contributed by atoms with Crippen molar-refractivity contribution < 1.29 is 9.53 Å². The molecule has 1 saturated carbocycles. The first kappa shape index (κ1) is 16.3. The van der Waals surface area contributed by atoms with Crippen LogP contribution in [0.25, 0.3) is 11.4 Å². The third-order valence-electron chi connectivity index (χ3n) is 4.34. The zero-order valence-electron chi connectivity index (χ0n) is 14.4. The summed E-state index contributed by atoms with van der Waals surface area (Å²) in [5.41, 5.74) is 2.62. The average molecular weight is 349 g/mol. The van der Waals surface area contributed by atoms with Gasteiger partial charge in [0.2, 0.25) is 5.91 Å². The van der Waals surface area contributed by atoms with Gasteiger partial charge in [-0.25, -0.2) is 4.68 Å². The topological polar surface area (TPSA) is 81.9 Å². The summed E-state index contributed by atoms with van der Waals surface area (Å²) in [5, 5.41) is 14.9. The summed E-state index contributed by atoms with van der Waals surface area (Å²) in [6.45, 7) is 0. The Morgan fingerprint density at radius 2 is 1.88 bits per heavy atom. The molecule has 1 amide bonds. The zero-order valence-corrected chi connectivity index (χ0v) is 14.4. The first-order chi connectivity index (χ1) is 12.7. The van der Waals surface area contributed by atoms with Crippen molar-refractivity contribution >= 4 is 11.6 Å². The molecule has 1 aromatic heterocycles. The van der Waals surface area contributed by atoms with Crippen LogP contribution in [0.5, 0.6) is 5.75 Å². The van der Waals surface area contributed by atoms with E-state index in [0.717, 1.165) is 41.2 Å².